The van der Waals surface area contributed by atoms with E-state index in [1.807, 2.05) is 0 Å². The van der Waals surface area contributed by atoms with Gasteiger partial charge >= 0.3 is 11.9 Å². The van der Waals surface area contributed by atoms with Crippen LogP contribution in [0.5, 0.6) is 0 Å². The summed E-state index contributed by atoms with van der Waals surface area (Å²) in [7, 11) is 0. The third kappa shape index (κ3) is 2.58. The minimum absolute atomic E-state index is 0.127. The number of esters is 2. The van der Waals surface area contributed by atoms with Crippen molar-refractivity contribution in [1.82, 2.24) is 0 Å². The first-order valence-corrected chi connectivity index (χ1v) is 4.56. The van der Waals surface area contributed by atoms with E-state index in [4.69, 9.17) is 9.47 Å². The summed E-state index contributed by atoms with van der Waals surface area (Å²) in [5.41, 5.74) is 0.440. The number of hydrogen-bond donors (Lipinski definition) is 0. The zero-order valence-electron chi connectivity index (χ0n) is 8.41. The Bertz CT molecular complexity index is 251. The van der Waals surface area contributed by atoms with Crippen LogP contribution in [0.1, 0.15) is 20.3 Å². The van der Waals surface area contributed by atoms with Crippen molar-refractivity contribution < 1.29 is 19.1 Å². The molecule has 1 saturated heterocycles. The smallest absolute Gasteiger partial charge is 0.333 e. The molecule has 0 aromatic rings. The van der Waals surface area contributed by atoms with Gasteiger partial charge in [-0.25, -0.2) is 4.79 Å². The first-order valence-electron chi connectivity index (χ1n) is 4.56. The number of hydrogen-bond acceptors (Lipinski definition) is 4. The summed E-state index contributed by atoms with van der Waals surface area (Å²) < 4.78 is 9.81. The van der Waals surface area contributed by atoms with Gasteiger partial charge in [-0.3, -0.25) is 4.79 Å². The minimum Gasteiger partial charge on any atom is -0.462 e. The Balaban J connectivity index is 2.30. The first kappa shape index (κ1) is 10.8. The summed E-state index contributed by atoms with van der Waals surface area (Å²) in [4.78, 5) is 22.0. The van der Waals surface area contributed by atoms with Crippen LogP contribution < -0.4 is 0 Å². The van der Waals surface area contributed by atoms with E-state index in [-0.39, 0.29) is 24.6 Å². The van der Waals surface area contributed by atoms with Crippen molar-refractivity contribution in [3.63, 3.8) is 0 Å². The van der Waals surface area contributed by atoms with Gasteiger partial charge in [-0.1, -0.05) is 20.4 Å². The third-order valence-electron chi connectivity index (χ3n) is 1.92. The van der Waals surface area contributed by atoms with E-state index in [2.05, 4.69) is 6.58 Å². The highest BCUT2D eigenvalue weighted by Crippen LogP contribution is 2.18. The van der Waals surface area contributed by atoms with Gasteiger partial charge in [0.2, 0.25) is 0 Å². The summed E-state index contributed by atoms with van der Waals surface area (Å²) in [6.07, 6.45) is 0.0993. The topological polar surface area (TPSA) is 52.6 Å². The van der Waals surface area contributed by atoms with Crippen molar-refractivity contribution in [2.24, 2.45) is 5.92 Å². The van der Waals surface area contributed by atoms with Gasteiger partial charge in [-0.15, -0.1) is 0 Å². The second-order valence-corrected chi connectivity index (χ2v) is 3.62. The second kappa shape index (κ2) is 4.26. The van der Waals surface area contributed by atoms with Gasteiger partial charge in [0.1, 0.15) is 12.7 Å². The van der Waals surface area contributed by atoms with E-state index >= 15 is 0 Å². The predicted molar refractivity (Wildman–Crippen MR) is 49.4 cm³/mol. The van der Waals surface area contributed by atoms with Crippen LogP contribution in [0.25, 0.3) is 0 Å². The monoisotopic (exact) mass is 198 g/mol. The van der Waals surface area contributed by atoms with Crippen molar-refractivity contribution in [3.8, 4) is 0 Å². The van der Waals surface area contributed by atoms with Crippen LogP contribution in [-0.4, -0.2) is 24.6 Å². The van der Waals surface area contributed by atoms with Crippen molar-refractivity contribution in [3.05, 3.63) is 12.2 Å². The summed E-state index contributed by atoms with van der Waals surface area (Å²) in [6, 6.07) is 0. The molecule has 0 aromatic carbocycles. The zero-order chi connectivity index (χ0) is 10.7. The molecular weight excluding hydrogens is 184 g/mol. The Labute approximate surface area is 82.9 Å². The Morgan fingerprint density at radius 2 is 2.36 bits per heavy atom. The lowest BCUT2D eigenvalue weighted by Crippen LogP contribution is -2.21. The number of ether oxygens (including phenoxy) is 2. The second-order valence-electron chi connectivity index (χ2n) is 3.62. The lowest BCUT2D eigenvalue weighted by atomic mass is 10.2. The fourth-order valence-corrected chi connectivity index (χ4v) is 1.07. The fourth-order valence-electron chi connectivity index (χ4n) is 1.07. The molecule has 1 fully saturated rings. The van der Waals surface area contributed by atoms with Gasteiger partial charge in [-0.2, -0.15) is 0 Å². The summed E-state index contributed by atoms with van der Waals surface area (Å²) in [6.45, 7) is 7.16. The summed E-state index contributed by atoms with van der Waals surface area (Å²) in [5, 5.41) is 0. The highest BCUT2D eigenvalue weighted by Gasteiger charge is 2.28. The molecule has 0 N–H and O–H groups in total. The normalized spacial score (nSPS) is 21.2. The van der Waals surface area contributed by atoms with Crippen molar-refractivity contribution >= 4 is 11.9 Å². The van der Waals surface area contributed by atoms with Crippen molar-refractivity contribution in [2.75, 3.05) is 6.61 Å². The van der Waals surface area contributed by atoms with Crippen LogP contribution in [0.4, 0.5) is 0 Å². The lowest BCUT2D eigenvalue weighted by molar-refractivity contribution is -0.154. The maximum atomic E-state index is 11.1. The van der Waals surface area contributed by atoms with E-state index in [9.17, 15) is 9.59 Å². The largest absolute Gasteiger partial charge is 0.462 e. The van der Waals surface area contributed by atoms with Crippen molar-refractivity contribution in [2.45, 2.75) is 26.4 Å². The SMILES string of the molecule is C=C1CC(COC(=O)C(C)C)OC1=O. The van der Waals surface area contributed by atoms with Gasteiger partial charge in [0.05, 0.1) is 5.92 Å². The molecule has 0 aliphatic carbocycles. The predicted octanol–water partition coefficient (Wildman–Crippen LogP) is 1.06. The molecule has 4 nitrogen and oxygen atoms in total. The maximum Gasteiger partial charge on any atom is 0.333 e. The highest BCUT2D eigenvalue weighted by molar-refractivity contribution is 5.89. The van der Waals surface area contributed by atoms with Gasteiger partial charge < -0.3 is 9.47 Å². The lowest BCUT2D eigenvalue weighted by Gasteiger charge is -2.10. The number of cyclic esters (lactones) is 1. The molecule has 1 aliphatic heterocycles. The van der Waals surface area contributed by atoms with Gasteiger partial charge in [0, 0.05) is 12.0 Å². The average molecular weight is 198 g/mol. The molecule has 0 saturated carbocycles. The molecule has 1 rings (SSSR count). The zero-order valence-corrected chi connectivity index (χ0v) is 8.41. The molecule has 0 spiro atoms. The van der Waals surface area contributed by atoms with E-state index < -0.39 is 5.97 Å². The molecule has 1 aliphatic rings. The van der Waals surface area contributed by atoms with Crippen LogP contribution >= 0.6 is 0 Å². The van der Waals surface area contributed by atoms with Crippen LogP contribution in [0.2, 0.25) is 0 Å². The average Bonchev–Trinajstić information content (AvgIpc) is 2.42. The molecule has 0 aromatic heterocycles. The van der Waals surface area contributed by atoms with Crippen LogP contribution in [0.3, 0.4) is 0 Å². The Kier molecular flexibility index (Phi) is 3.28. The summed E-state index contributed by atoms with van der Waals surface area (Å²) >= 11 is 0. The van der Waals surface area contributed by atoms with E-state index in [0.29, 0.717) is 12.0 Å². The van der Waals surface area contributed by atoms with Gasteiger partial charge in [0.25, 0.3) is 0 Å². The van der Waals surface area contributed by atoms with Crippen LogP contribution in [0, 0.1) is 5.92 Å². The van der Waals surface area contributed by atoms with Gasteiger partial charge in [0.15, 0.2) is 0 Å². The van der Waals surface area contributed by atoms with Crippen molar-refractivity contribution in [1.29, 1.82) is 0 Å². The maximum absolute atomic E-state index is 11.1. The molecule has 0 bridgehead atoms. The molecule has 1 unspecified atom stereocenters. The molecule has 4 heteroatoms. The molecule has 1 atom stereocenters. The molecule has 1 heterocycles. The Hall–Kier alpha value is -1.32. The molecule has 14 heavy (non-hydrogen) atoms. The highest BCUT2D eigenvalue weighted by atomic mass is 16.6. The molecule has 0 radical (unpaired) electrons. The van der Waals surface area contributed by atoms with E-state index in [1.54, 1.807) is 13.8 Å². The number of carbonyl (C=O) groups excluding carboxylic acids is 2. The fraction of sp³-hybridized carbons (Fsp3) is 0.600. The first-order chi connectivity index (χ1) is 6.50. The Morgan fingerprint density at radius 1 is 1.71 bits per heavy atom. The molecule has 78 valence electrons. The molecular formula is C10H14O4. The Morgan fingerprint density at radius 3 is 2.79 bits per heavy atom. The third-order valence-corrected chi connectivity index (χ3v) is 1.92. The number of carbonyl (C=O) groups is 2. The quantitative estimate of drug-likeness (QED) is 0.502. The summed E-state index contributed by atoms with van der Waals surface area (Å²) in [5.74, 6) is -0.829. The molecule has 0 amide bonds. The van der Waals surface area contributed by atoms with Crippen LogP contribution in [0.15, 0.2) is 12.2 Å². The standard InChI is InChI=1S/C10H14O4/c1-6(2)9(11)13-5-8-4-7(3)10(12)14-8/h6,8H,3-5H2,1-2H3. The minimum atomic E-state index is -0.393. The van der Waals surface area contributed by atoms with E-state index in [1.165, 1.54) is 0 Å². The van der Waals surface area contributed by atoms with Gasteiger partial charge in [-0.05, 0) is 0 Å². The number of rotatable bonds is 3. The van der Waals surface area contributed by atoms with E-state index in [0.717, 1.165) is 0 Å². The van der Waals surface area contributed by atoms with Crippen LogP contribution in [-0.2, 0) is 19.1 Å².